The van der Waals surface area contributed by atoms with Gasteiger partial charge in [0, 0.05) is 11.6 Å². The number of halogens is 1. The molecule has 3 rings (SSSR count). The smallest absolute Gasteiger partial charge is 0.293 e. The van der Waals surface area contributed by atoms with Crippen molar-refractivity contribution in [2.75, 3.05) is 5.32 Å². The zero-order valence-corrected chi connectivity index (χ0v) is 14.5. The largest absolute Gasteiger partial charge is 0.318 e. The number of rotatable bonds is 5. The summed E-state index contributed by atoms with van der Waals surface area (Å²) in [5.41, 5.74) is 1.92. The number of tetrazole rings is 1. The van der Waals surface area contributed by atoms with Gasteiger partial charge in [-0.05, 0) is 54.5 Å². The van der Waals surface area contributed by atoms with Crippen molar-refractivity contribution in [3.05, 3.63) is 63.5 Å². The lowest BCUT2D eigenvalue weighted by atomic mass is 10.1. The Morgan fingerprint density at radius 1 is 1.22 bits per heavy atom. The van der Waals surface area contributed by atoms with Gasteiger partial charge < -0.3 is 5.32 Å². The number of amides is 1. The van der Waals surface area contributed by atoms with E-state index in [1.807, 2.05) is 0 Å². The summed E-state index contributed by atoms with van der Waals surface area (Å²) in [6.07, 6.45) is 0. The Kier molecular flexibility index (Phi) is 4.88. The number of aryl methyl sites for hydroxylation is 1. The number of carbonyl (C=O) groups is 1. The third-order valence-corrected chi connectivity index (χ3v) is 4.02. The molecule has 0 spiro atoms. The minimum Gasteiger partial charge on any atom is -0.318 e. The van der Waals surface area contributed by atoms with Gasteiger partial charge in [0.1, 0.15) is 18.0 Å². The summed E-state index contributed by atoms with van der Waals surface area (Å²) in [5.74, 6) is -0.684. The zero-order valence-electron chi connectivity index (χ0n) is 14.5. The summed E-state index contributed by atoms with van der Waals surface area (Å²) in [7, 11) is 0. The van der Waals surface area contributed by atoms with Gasteiger partial charge in [-0.15, -0.1) is 10.2 Å². The molecule has 10 heteroatoms. The topological polar surface area (TPSA) is 116 Å². The van der Waals surface area contributed by atoms with E-state index < -0.39 is 10.8 Å². The van der Waals surface area contributed by atoms with Crippen LogP contribution in [-0.4, -0.2) is 31.0 Å². The minimum absolute atomic E-state index is 0.142. The molecule has 0 aliphatic carbocycles. The van der Waals surface area contributed by atoms with Crippen LogP contribution in [0.5, 0.6) is 0 Å². The fourth-order valence-corrected chi connectivity index (χ4v) is 2.44. The highest BCUT2D eigenvalue weighted by Gasteiger charge is 2.20. The molecule has 1 amide bonds. The maximum atomic E-state index is 13.0. The van der Waals surface area contributed by atoms with Crippen molar-refractivity contribution in [3.8, 4) is 11.4 Å². The zero-order chi connectivity index (χ0) is 19.6. The first kappa shape index (κ1) is 18.1. The van der Waals surface area contributed by atoms with Crippen molar-refractivity contribution in [2.24, 2.45) is 0 Å². The van der Waals surface area contributed by atoms with Crippen molar-refractivity contribution in [1.29, 1.82) is 0 Å². The Hall–Kier alpha value is -3.69. The average molecular weight is 370 g/mol. The lowest BCUT2D eigenvalue weighted by molar-refractivity contribution is -0.384. The van der Waals surface area contributed by atoms with E-state index in [9.17, 15) is 19.3 Å². The molecule has 0 fully saturated rings. The van der Waals surface area contributed by atoms with Crippen LogP contribution in [0, 0.1) is 29.8 Å². The Balaban J connectivity index is 1.77. The normalized spacial score (nSPS) is 10.6. The Bertz CT molecular complexity index is 1020. The predicted octanol–water partition coefficient (Wildman–Crippen LogP) is 2.64. The van der Waals surface area contributed by atoms with Crippen LogP contribution in [0.2, 0.25) is 0 Å². The summed E-state index contributed by atoms with van der Waals surface area (Å²) in [6, 6.07) is 8.49. The average Bonchev–Trinajstić information content (AvgIpc) is 3.07. The minimum atomic E-state index is -0.553. The number of nitro groups is 1. The van der Waals surface area contributed by atoms with E-state index in [0.29, 0.717) is 11.1 Å². The van der Waals surface area contributed by atoms with Gasteiger partial charge >= 0.3 is 0 Å². The van der Waals surface area contributed by atoms with Crippen molar-refractivity contribution in [3.63, 3.8) is 0 Å². The fraction of sp³-hybridized carbons (Fsp3) is 0.176. The number of carbonyl (C=O) groups excluding carboxylic acids is 1. The van der Waals surface area contributed by atoms with Gasteiger partial charge in [0.25, 0.3) is 5.69 Å². The van der Waals surface area contributed by atoms with Crippen LogP contribution >= 0.6 is 0 Å². The molecule has 0 atom stereocenters. The van der Waals surface area contributed by atoms with Gasteiger partial charge in [-0.1, -0.05) is 6.07 Å². The molecule has 1 aromatic heterocycles. The SMILES string of the molecule is Cc1ccc([N+](=O)[O-])c(NC(=O)Cn2nnc(-c3ccc(F)cc3)n2)c1C. The third-order valence-electron chi connectivity index (χ3n) is 4.02. The van der Waals surface area contributed by atoms with Gasteiger partial charge in [0.05, 0.1) is 4.92 Å². The first-order chi connectivity index (χ1) is 12.8. The molecule has 9 nitrogen and oxygen atoms in total. The molecule has 3 aromatic rings. The van der Waals surface area contributed by atoms with E-state index in [4.69, 9.17) is 0 Å². The monoisotopic (exact) mass is 370 g/mol. The van der Waals surface area contributed by atoms with E-state index >= 15 is 0 Å². The van der Waals surface area contributed by atoms with Gasteiger partial charge in [0.15, 0.2) is 0 Å². The third kappa shape index (κ3) is 3.94. The molecule has 0 bridgehead atoms. The quantitative estimate of drug-likeness (QED) is 0.545. The molecule has 138 valence electrons. The van der Waals surface area contributed by atoms with Crippen molar-refractivity contribution in [2.45, 2.75) is 20.4 Å². The first-order valence-electron chi connectivity index (χ1n) is 7.93. The number of nitrogens with one attached hydrogen (secondary N) is 1. The number of hydrogen-bond acceptors (Lipinski definition) is 6. The lowest BCUT2D eigenvalue weighted by Gasteiger charge is -2.10. The van der Waals surface area contributed by atoms with Crippen LogP contribution in [0.3, 0.4) is 0 Å². The summed E-state index contributed by atoms with van der Waals surface area (Å²) in [4.78, 5) is 24.0. The first-order valence-corrected chi connectivity index (χ1v) is 7.93. The molecule has 0 aliphatic heterocycles. The van der Waals surface area contributed by atoms with E-state index in [2.05, 4.69) is 20.7 Å². The molecule has 0 saturated heterocycles. The van der Waals surface area contributed by atoms with Crippen molar-refractivity contribution in [1.82, 2.24) is 20.2 Å². The highest BCUT2D eigenvalue weighted by molar-refractivity contribution is 5.94. The van der Waals surface area contributed by atoms with Crippen molar-refractivity contribution >= 4 is 17.3 Å². The summed E-state index contributed by atoms with van der Waals surface area (Å²) >= 11 is 0. The van der Waals surface area contributed by atoms with Crippen LogP contribution in [0.15, 0.2) is 36.4 Å². The number of nitrogens with zero attached hydrogens (tertiary/aromatic N) is 5. The highest BCUT2D eigenvalue weighted by Crippen LogP contribution is 2.30. The standard InChI is InChI=1S/C17H15FN6O3/c1-10-3-8-14(24(26)27)16(11(10)2)19-15(25)9-23-21-17(20-22-23)12-4-6-13(18)7-5-12/h3-8H,9H2,1-2H3,(H,19,25). The maximum Gasteiger partial charge on any atom is 0.293 e. The summed E-state index contributed by atoms with van der Waals surface area (Å²) in [6.45, 7) is 3.21. The Labute approximate surface area is 153 Å². The van der Waals surface area contributed by atoms with E-state index in [-0.39, 0.29) is 29.6 Å². The van der Waals surface area contributed by atoms with Crippen LogP contribution in [0.4, 0.5) is 15.8 Å². The van der Waals surface area contributed by atoms with Crippen LogP contribution in [-0.2, 0) is 11.3 Å². The second-order valence-electron chi connectivity index (χ2n) is 5.86. The molecule has 0 saturated carbocycles. The van der Waals surface area contributed by atoms with Crippen LogP contribution in [0.25, 0.3) is 11.4 Å². The Morgan fingerprint density at radius 3 is 2.59 bits per heavy atom. The number of anilines is 1. The van der Waals surface area contributed by atoms with Crippen LogP contribution < -0.4 is 5.32 Å². The molecule has 1 heterocycles. The molecular weight excluding hydrogens is 355 g/mol. The molecule has 27 heavy (non-hydrogen) atoms. The highest BCUT2D eigenvalue weighted by atomic mass is 19.1. The maximum absolute atomic E-state index is 13.0. The summed E-state index contributed by atoms with van der Waals surface area (Å²) < 4.78 is 13.0. The second-order valence-corrected chi connectivity index (χ2v) is 5.86. The number of hydrogen-bond donors (Lipinski definition) is 1. The van der Waals surface area contributed by atoms with Crippen LogP contribution in [0.1, 0.15) is 11.1 Å². The van der Waals surface area contributed by atoms with Crippen molar-refractivity contribution < 1.29 is 14.1 Å². The lowest BCUT2D eigenvalue weighted by Crippen LogP contribution is -2.21. The number of nitro benzene ring substituents is 1. The van der Waals surface area contributed by atoms with Gasteiger partial charge in [0.2, 0.25) is 11.7 Å². The van der Waals surface area contributed by atoms with Gasteiger partial charge in [-0.25, -0.2) is 4.39 Å². The molecule has 0 unspecified atom stereocenters. The van der Waals surface area contributed by atoms with E-state index in [1.165, 1.54) is 30.3 Å². The van der Waals surface area contributed by atoms with E-state index in [0.717, 1.165) is 10.4 Å². The van der Waals surface area contributed by atoms with Gasteiger partial charge in [-0.3, -0.25) is 14.9 Å². The molecule has 2 aromatic carbocycles. The Morgan fingerprint density at radius 2 is 1.93 bits per heavy atom. The molecular formula is C17H15FN6O3. The second kappa shape index (κ2) is 7.28. The summed E-state index contributed by atoms with van der Waals surface area (Å²) in [5, 5.41) is 25.4. The number of aromatic nitrogens is 4. The number of benzene rings is 2. The van der Waals surface area contributed by atoms with E-state index in [1.54, 1.807) is 19.9 Å². The van der Waals surface area contributed by atoms with Gasteiger partial charge in [-0.2, -0.15) is 4.80 Å². The fourth-order valence-electron chi connectivity index (χ4n) is 2.44. The molecule has 0 radical (unpaired) electrons. The molecule has 1 N–H and O–H groups in total. The predicted molar refractivity (Wildman–Crippen MR) is 94.4 cm³/mol. The molecule has 0 aliphatic rings.